The highest BCUT2D eigenvalue weighted by Crippen LogP contribution is 2.13. The third kappa shape index (κ3) is 3.29. The van der Waals surface area contributed by atoms with Crippen molar-refractivity contribution < 1.29 is 19.2 Å². The monoisotopic (exact) mass is 235 g/mol. The van der Waals surface area contributed by atoms with Gasteiger partial charge < -0.3 is 4.74 Å². The SMILES string of the molecule is O=C1CC[C@H](C(=O)NOCc2ccccc2)O1. The van der Waals surface area contributed by atoms with Crippen LogP contribution < -0.4 is 5.48 Å². The number of nitrogens with one attached hydrogen (secondary N) is 1. The van der Waals surface area contributed by atoms with Crippen LogP contribution in [-0.2, 0) is 25.8 Å². The van der Waals surface area contributed by atoms with Gasteiger partial charge in [-0.1, -0.05) is 30.3 Å². The smallest absolute Gasteiger partial charge is 0.306 e. The molecule has 0 aromatic heterocycles. The number of hydrogen-bond acceptors (Lipinski definition) is 4. The van der Waals surface area contributed by atoms with Gasteiger partial charge >= 0.3 is 5.97 Å². The van der Waals surface area contributed by atoms with Crippen molar-refractivity contribution in [3.05, 3.63) is 35.9 Å². The number of cyclic esters (lactones) is 1. The quantitative estimate of drug-likeness (QED) is 0.623. The first-order chi connectivity index (χ1) is 8.25. The number of esters is 1. The topological polar surface area (TPSA) is 64.6 Å². The third-order valence-electron chi connectivity index (χ3n) is 2.43. The van der Waals surface area contributed by atoms with E-state index in [0.717, 1.165) is 5.56 Å². The predicted molar refractivity (Wildman–Crippen MR) is 58.5 cm³/mol. The lowest BCUT2D eigenvalue weighted by atomic mass is 10.2. The van der Waals surface area contributed by atoms with Crippen LogP contribution >= 0.6 is 0 Å². The van der Waals surface area contributed by atoms with E-state index in [9.17, 15) is 9.59 Å². The number of hydrogen-bond donors (Lipinski definition) is 1. The van der Waals surface area contributed by atoms with Crippen LogP contribution in [0.4, 0.5) is 0 Å². The molecule has 1 aromatic carbocycles. The third-order valence-corrected chi connectivity index (χ3v) is 2.43. The minimum absolute atomic E-state index is 0.285. The molecule has 5 heteroatoms. The van der Waals surface area contributed by atoms with E-state index in [4.69, 9.17) is 9.57 Å². The van der Waals surface area contributed by atoms with Gasteiger partial charge in [0.25, 0.3) is 5.91 Å². The molecule has 5 nitrogen and oxygen atoms in total. The predicted octanol–water partition coefficient (Wildman–Crippen LogP) is 0.940. The number of carbonyl (C=O) groups excluding carboxylic acids is 2. The first kappa shape index (κ1) is 11.6. The highest BCUT2D eigenvalue weighted by Gasteiger charge is 2.29. The van der Waals surface area contributed by atoms with Crippen molar-refractivity contribution in [2.45, 2.75) is 25.6 Å². The molecule has 2 rings (SSSR count). The summed E-state index contributed by atoms with van der Waals surface area (Å²) in [7, 11) is 0. The van der Waals surface area contributed by atoms with Crippen LogP contribution in [0.2, 0.25) is 0 Å². The molecular formula is C12H13NO4. The van der Waals surface area contributed by atoms with E-state index >= 15 is 0 Å². The van der Waals surface area contributed by atoms with Crippen LogP contribution in [0.15, 0.2) is 30.3 Å². The van der Waals surface area contributed by atoms with Gasteiger partial charge in [0.1, 0.15) is 0 Å². The van der Waals surface area contributed by atoms with Gasteiger partial charge in [0, 0.05) is 12.8 Å². The summed E-state index contributed by atoms with van der Waals surface area (Å²) in [5, 5.41) is 0. The van der Waals surface area contributed by atoms with E-state index in [2.05, 4.69) is 5.48 Å². The molecule has 0 unspecified atom stereocenters. The van der Waals surface area contributed by atoms with Crippen LogP contribution in [0.1, 0.15) is 18.4 Å². The Morgan fingerprint density at radius 2 is 2.18 bits per heavy atom. The van der Waals surface area contributed by atoms with Crippen molar-refractivity contribution in [2.75, 3.05) is 0 Å². The van der Waals surface area contributed by atoms with Gasteiger partial charge in [-0.05, 0) is 5.56 Å². The molecule has 1 heterocycles. The van der Waals surface area contributed by atoms with Gasteiger partial charge in [-0.2, -0.15) is 0 Å². The van der Waals surface area contributed by atoms with E-state index in [1.807, 2.05) is 30.3 Å². The largest absolute Gasteiger partial charge is 0.452 e. The Balaban J connectivity index is 1.72. The molecule has 1 N–H and O–H groups in total. The number of hydroxylamine groups is 1. The first-order valence-corrected chi connectivity index (χ1v) is 5.41. The second-order valence-corrected chi connectivity index (χ2v) is 3.76. The molecule has 0 aliphatic carbocycles. The van der Waals surface area contributed by atoms with Gasteiger partial charge in [-0.15, -0.1) is 0 Å². The number of benzene rings is 1. The summed E-state index contributed by atoms with van der Waals surface area (Å²) in [4.78, 5) is 27.3. The second kappa shape index (κ2) is 5.45. The molecule has 1 aromatic rings. The summed E-state index contributed by atoms with van der Waals surface area (Å²) in [5.41, 5.74) is 3.23. The minimum atomic E-state index is -0.710. The van der Waals surface area contributed by atoms with E-state index in [-0.39, 0.29) is 19.0 Å². The van der Waals surface area contributed by atoms with Gasteiger partial charge in [-0.3, -0.25) is 14.4 Å². The molecule has 17 heavy (non-hydrogen) atoms. The van der Waals surface area contributed by atoms with Crippen LogP contribution in [0.3, 0.4) is 0 Å². The maximum Gasteiger partial charge on any atom is 0.306 e. The molecule has 1 amide bonds. The highest BCUT2D eigenvalue weighted by molar-refractivity contribution is 5.85. The molecule has 0 spiro atoms. The molecule has 1 saturated heterocycles. The second-order valence-electron chi connectivity index (χ2n) is 3.76. The van der Waals surface area contributed by atoms with Crippen molar-refractivity contribution >= 4 is 11.9 Å². The van der Waals surface area contributed by atoms with Crippen molar-refractivity contribution in [1.82, 2.24) is 5.48 Å². The lowest BCUT2D eigenvalue weighted by molar-refractivity contribution is -0.154. The molecule has 0 bridgehead atoms. The van der Waals surface area contributed by atoms with E-state index < -0.39 is 12.0 Å². The minimum Gasteiger partial charge on any atom is -0.452 e. The summed E-state index contributed by atoms with van der Waals surface area (Å²) < 4.78 is 4.79. The first-order valence-electron chi connectivity index (χ1n) is 5.41. The maximum atomic E-state index is 11.5. The molecule has 1 aliphatic rings. The number of carbonyl (C=O) groups is 2. The molecule has 1 aliphatic heterocycles. The lowest BCUT2D eigenvalue weighted by Gasteiger charge is -2.09. The number of rotatable bonds is 4. The zero-order valence-corrected chi connectivity index (χ0v) is 9.22. The van der Waals surface area contributed by atoms with Crippen LogP contribution in [0.5, 0.6) is 0 Å². The van der Waals surface area contributed by atoms with Crippen LogP contribution in [-0.4, -0.2) is 18.0 Å². The Bertz CT molecular complexity index is 404. The highest BCUT2D eigenvalue weighted by atomic mass is 16.7. The lowest BCUT2D eigenvalue weighted by Crippen LogP contribution is -2.34. The number of ether oxygens (including phenoxy) is 1. The number of amides is 1. The van der Waals surface area contributed by atoms with Crippen LogP contribution in [0.25, 0.3) is 0 Å². The zero-order valence-electron chi connectivity index (χ0n) is 9.22. The Labute approximate surface area is 98.7 Å². The summed E-state index contributed by atoms with van der Waals surface area (Å²) in [5.74, 6) is -0.750. The molecule has 90 valence electrons. The van der Waals surface area contributed by atoms with Gasteiger partial charge in [-0.25, -0.2) is 5.48 Å². The standard InChI is InChI=1S/C12H13NO4/c14-11-7-6-10(17-11)12(15)13-16-8-9-4-2-1-3-5-9/h1-5,10H,6-8H2,(H,13,15)/t10-/m1/s1. The van der Waals surface area contributed by atoms with E-state index in [1.54, 1.807) is 0 Å². The Morgan fingerprint density at radius 3 is 2.82 bits per heavy atom. The van der Waals surface area contributed by atoms with Crippen molar-refractivity contribution in [2.24, 2.45) is 0 Å². The summed E-state index contributed by atoms with van der Waals surface area (Å²) in [6.07, 6.45) is -0.00543. The Kier molecular flexibility index (Phi) is 3.72. The van der Waals surface area contributed by atoms with Gasteiger partial charge in [0.2, 0.25) is 0 Å². The molecule has 1 atom stereocenters. The Morgan fingerprint density at radius 1 is 1.41 bits per heavy atom. The van der Waals surface area contributed by atoms with Crippen molar-refractivity contribution in [3.8, 4) is 0 Å². The average Bonchev–Trinajstić information content (AvgIpc) is 2.77. The van der Waals surface area contributed by atoms with E-state index in [0.29, 0.717) is 6.42 Å². The van der Waals surface area contributed by atoms with Gasteiger partial charge in [0.15, 0.2) is 6.10 Å². The molecule has 0 saturated carbocycles. The summed E-state index contributed by atoms with van der Waals surface area (Å²) in [6, 6.07) is 9.46. The normalized spacial score (nSPS) is 18.8. The maximum absolute atomic E-state index is 11.5. The fourth-order valence-corrected chi connectivity index (χ4v) is 1.54. The van der Waals surface area contributed by atoms with Crippen molar-refractivity contribution in [1.29, 1.82) is 0 Å². The fraction of sp³-hybridized carbons (Fsp3) is 0.333. The molecular weight excluding hydrogens is 222 g/mol. The van der Waals surface area contributed by atoms with Gasteiger partial charge in [0.05, 0.1) is 6.61 Å². The zero-order chi connectivity index (χ0) is 12.1. The Hall–Kier alpha value is -1.88. The summed E-state index contributed by atoms with van der Waals surface area (Å²) in [6.45, 7) is 0.285. The fourth-order valence-electron chi connectivity index (χ4n) is 1.54. The van der Waals surface area contributed by atoms with Crippen LogP contribution in [0, 0.1) is 0 Å². The van der Waals surface area contributed by atoms with Crippen molar-refractivity contribution in [3.63, 3.8) is 0 Å². The summed E-state index contributed by atoms with van der Waals surface area (Å²) >= 11 is 0. The average molecular weight is 235 g/mol. The molecule has 0 radical (unpaired) electrons. The van der Waals surface area contributed by atoms with E-state index in [1.165, 1.54) is 0 Å². The molecule has 1 fully saturated rings.